The predicted octanol–water partition coefficient (Wildman–Crippen LogP) is 3.63. The topological polar surface area (TPSA) is 20.3 Å². The third kappa shape index (κ3) is 2.47. The second-order valence-electron chi connectivity index (χ2n) is 5.08. The lowest BCUT2D eigenvalue weighted by Crippen LogP contribution is -2.19. The number of hydrogen-bond acceptors (Lipinski definition) is 2. The fraction of sp³-hybridized carbons (Fsp3) is 0.500. The Morgan fingerprint density at radius 3 is 2.35 bits per heavy atom. The highest BCUT2D eigenvalue weighted by Gasteiger charge is 2.26. The van der Waals surface area contributed by atoms with Crippen LogP contribution in [0.15, 0.2) is 18.2 Å². The van der Waals surface area contributed by atoms with Crippen LogP contribution in [-0.2, 0) is 0 Å². The summed E-state index contributed by atoms with van der Waals surface area (Å²) in [7, 11) is 0. The molecule has 0 radical (unpaired) electrons. The molecule has 0 amide bonds. The van der Waals surface area contributed by atoms with E-state index in [1.54, 1.807) is 6.92 Å². The maximum Gasteiger partial charge on any atom is 0.161 e. The van der Waals surface area contributed by atoms with Crippen LogP contribution in [0.2, 0.25) is 5.02 Å². The Labute approximate surface area is 108 Å². The highest BCUT2D eigenvalue weighted by molar-refractivity contribution is 6.34. The van der Waals surface area contributed by atoms with E-state index in [0.717, 1.165) is 18.8 Å². The minimum Gasteiger partial charge on any atom is -0.371 e. The summed E-state index contributed by atoms with van der Waals surface area (Å²) < 4.78 is 0. The van der Waals surface area contributed by atoms with E-state index in [0.29, 0.717) is 22.4 Å². The van der Waals surface area contributed by atoms with Crippen LogP contribution in [0.25, 0.3) is 0 Å². The first kappa shape index (κ1) is 12.4. The Bertz CT molecular complexity index is 434. The molecule has 1 aliphatic rings. The van der Waals surface area contributed by atoms with Gasteiger partial charge in [-0.15, -0.1) is 0 Å². The maximum absolute atomic E-state index is 11.3. The molecule has 17 heavy (non-hydrogen) atoms. The van der Waals surface area contributed by atoms with Crippen LogP contribution >= 0.6 is 11.6 Å². The van der Waals surface area contributed by atoms with Gasteiger partial charge in [0.05, 0.1) is 5.02 Å². The van der Waals surface area contributed by atoms with E-state index in [-0.39, 0.29) is 5.78 Å². The summed E-state index contributed by atoms with van der Waals surface area (Å²) in [4.78, 5) is 13.6. The zero-order chi connectivity index (χ0) is 12.6. The molecule has 1 aromatic rings. The van der Waals surface area contributed by atoms with E-state index in [9.17, 15) is 4.79 Å². The molecule has 0 aromatic heterocycles. The largest absolute Gasteiger partial charge is 0.371 e. The quantitative estimate of drug-likeness (QED) is 0.748. The average molecular weight is 252 g/mol. The van der Waals surface area contributed by atoms with Crippen LogP contribution in [0.4, 0.5) is 5.69 Å². The zero-order valence-electron chi connectivity index (χ0n) is 10.5. The minimum atomic E-state index is 0.0182. The third-order valence-corrected chi connectivity index (χ3v) is 4.00. The fourth-order valence-corrected chi connectivity index (χ4v) is 2.63. The van der Waals surface area contributed by atoms with Gasteiger partial charge < -0.3 is 4.90 Å². The summed E-state index contributed by atoms with van der Waals surface area (Å²) in [6.07, 6.45) is 0. The number of ketones is 1. The van der Waals surface area contributed by atoms with Gasteiger partial charge in [-0.25, -0.2) is 0 Å². The molecule has 1 heterocycles. The van der Waals surface area contributed by atoms with Gasteiger partial charge in [0.1, 0.15) is 0 Å². The van der Waals surface area contributed by atoms with E-state index in [1.165, 1.54) is 0 Å². The second kappa shape index (κ2) is 4.69. The first-order valence-electron chi connectivity index (χ1n) is 6.04. The summed E-state index contributed by atoms with van der Waals surface area (Å²) in [6, 6.07) is 5.73. The standard InChI is InChI=1S/C14H18ClNO/c1-9-7-16(8-10(9)2)12-4-5-13(11(3)17)14(15)6-12/h4-6,9-10H,7-8H2,1-3H3. The van der Waals surface area contributed by atoms with Gasteiger partial charge in [-0.05, 0) is 37.0 Å². The van der Waals surface area contributed by atoms with Gasteiger partial charge >= 0.3 is 0 Å². The van der Waals surface area contributed by atoms with Crippen LogP contribution in [0.3, 0.4) is 0 Å². The molecule has 1 aromatic carbocycles. The van der Waals surface area contributed by atoms with Gasteiger partial charge in [0.15, 0.2) is 5.78 Å². The molecule has 0 saturated carbocycles. The van der Waals surface area contributed by atoms with Gasteiger partial charge in [0.25, 0.3) is 0 Å². The number of nitrogens with zero attached hydrogens (tertiary/aromatic N) is 1. The lowest BCUT2D eigenvalue weighted by molar-refractivity contribution is 0.101. The molecule has 0 N–H and O–H groups in total. The van der Waals surface area contributed by atoms with Crippen molar-refractivity contribution in [1.82, 2.24) is 0 Å². The number of anilines is 1. The van der Waals surface area contributed by atoms with Crippen LogP contribution < -0.4 is 4.90 Å². The molecule has 0 aliphatic carbocycles. The van der Waals surface area contributed by atoms with Gasteiger partial charge in [0, 0.05) is 24.3 Å². The molecule has 0 spiro atoms. The molecule has 2 unspecified atom stereocenters. The van der Waals surface area contributed by atoms with Crippen molar-refractivity contribution in [2.24, 2.45) is 11.8 Å². The number of hydrogen-bond donors (Lipinski definition) is 0. The third-order valence-electron chi connectivity index (χ3n) is 3.69. The Morgan fingerprint density at radius 1 is 1.29 bits per heavy atom. The smallest absolute Gasteiger partial charge is 0.161 e. The van der Waals surface area contributed by atoms with Gasteiger partial charge in [0.2, 0.25) is 0 Å². The summed E-state index contributed by atoms with van der Waals surface area (Å²) in [6.45, 7) is 8.22. The van der Waals surface area contributed by atoms with E-state index in [2.05, 4.69) is 18.7 Å². The molecule has 1 aliphatic heterocycles. The number of carbonyl (C=O) groups is 1. The Morgan fingerprint density at radius 2 is 1.88 bits per heavy atom. The van der Waals surface area contributed by atoms with Crippen molar-refractivity contribution in [3.63, 3.8) is 0 Å². The highest BCUT2D eigenvalue weighted by atomic mass is 35.5. The second-order valence-corrected chi connectivity index (χ2v) is 5.49. The lowest BCUT2D eigenvalue weighted by atomic mass is 10.0. The van der Waals surface area contributed by atoms with Gasteiger partial charge in [-0.2, -0.15) is 0 Å². The van der Waals surface area contributed by atoms with Crippen LogP contribution in [-0.4, -0.2) is 18.9 Å². The zero-order valence-corrected chi connectivity index (χ0v) is 11.3. The molecule has 1 saturated heterocycles. The first-order valence-corrected chi connectivity index (χ1v) is 6.42. The van der Waals surface area contributed by atoms with E-state index >= 15 is 0 Å². The van der Waals surface area contributed by atoms with Crippen molar-refractivity contribution in [2.45, 2.75) is 20.8 Å². The van der Waals surface area contributed by atoms with Crippen LogP contribution in [0, 0.1) is 11.8 Å². The summed E-state index contributed by atoms with van der Waals surface area (Å²) in [5.41, 5.74) is 1.73. The normalized spacial score (nSPS) is 24.1. The molecule has 3 heteroatoms. The minimum absolute atomic E-state index is 0.0182. The number of benzene rings is 1. The van der Waals surface area contributed by atoms with E-state index in [4.69, 9.17) is 11.6 Å². The lowest BCUT2D eigenvalue weighted by Gasteiger charge is -2.19. The number of Topliss-reactive ketones (excluding diaryl/α,β-unsaturated/α-hetero) is 1. The predicted molar refractivity (Wildman–Crippen MR) is 72.0 cm³/mol. The van der Waals surface area contributed by atoms with E-state index < -0.39 is 0 Å². The number of halogens is 1. The van der Waals surface area contributed by atoms with Crippen LogP contribution in [0.1, 0.15) is 31.1 Å². The molecule has 0 bridgehead atoms. The summed E-state index contributed by atoms with van der Waals surface area (Å²) >= 11 is 6.13. The van der Waals surface area contributed by atoms with Gasteiger partial charge in [-0.3, -0.25) is 4.79 Å². The molecule has 2 nitrogen and oxygen atoms in total. The Balaban J connectivity index is 2.24. The highest BCUT2D eigenvalue weighted by Crippen LogP contribution is 2.30. The molecule has 92 valence electrons. The Hall–Kier alpha value is -1.02. The summed E-state index contributed by atoms with van der Waals surface area (Å²) in [5.74, 6) is 1.44. The van der Waals surface area contributed by atoms with E-state index in [1.807, 2.05) is 18.2 Å². The van der Waals surface area contributed by atoms with Gasteiger partial charge in [-0.1, -0.05) is 25.4 Å². The van der Waals surface area contributed by atoms with Crippen LogP contribution in [0.5, 0.6) is 0 Å². The van der Waals surface area contributed by atoms with Crippen molar-refractivity contribution >= 4 is 23.1 Å². The molecular weight excluding hydrogens is 234 g/mol. The molecule has 2 atom stereocenters. The number of rotatable bonds is 2. The Kier molecular flexibility index (Phi) is 3.43. The summed E-state index contributed by atoms with van der Waals surface area (Å²) in [5, 5.41) is 0.558. The van der Waals surface area contributed by atoms with Crippen molar-refractivity contribution in [3.05, 3.63) is 28.8 Å². The molecule has 2 rings (SSSR count). The molecule has 1 fully saturated rings. The monoisotopic (exact) mass is 251 g/mol. The average Bonchev–Trinajstić information content (AvgIpc) is 2.58. The first-order chi connectivity index (χ1) is 7.99. The van der Waals surface area contributed by atoms with Crippen molar-refractivity contribution in [1.29, 1.82) is 0 Å². The molecular formula is C14H18ClNO. The van der Waals surface area contributed by atoms with Crippen molar-refractivity contribution in [2.75, 3.05) is 18.0 Å². The van der Waals surface area contributed by atoms with Crippen molar-refractivity contribution < 1.29 is 4.79 Å². The maximum atomic E-state index is 11.3. The SMILES string of the molecule is CC(=O)c1ccc(N2CC(C)C(C)C2)cc1Cl. The van der Waals surface area contributed by atoms with Crippen molar-refractivity contribution in [3.8, 4) is 0 Å². The number of carbonyl (C=O) groups excluding carboxylic acids is 1. The fourth-order valence-electron chi connectivity index (χ4n) is 2.33.